The predicted molar refractivity (Wildman–Crippen MR) is 318 cm³/mol. The van der Waals surface area contributed by atoms with E-state index in [-0.39, 0.29) is 31.5 Å². The highest BCUT2D eigenvalue weighted by atomic mass is 31.2. The zero-order valence-electron chi connectivity index (χ0n) is 48.6. The highest BCUT2D eigenvalue weighted by Gasteiger charge is 2.30. The maximum absolute atomic E-state index is 13.5. The Morgan fingerprint density at radius 1 is 0.500 bits per heavy atom. The van der Waals surface area contributed by atoms with Gasteiger partial charge in [-0.1, -0.05) is 227 Å². The van der Waals surface area contributed by atoms with Crippen molar-refractivity contribution in [3.8, 4) is 0 Å². The number of unbranched alkanes of at least 4 members (excludes halogenated alkanes) is 24. The number of esters is 1. The standard InChI is InChI=1S/C64H113N2O7P/c1-7-10-13-16-19-22-25-28-30-31-32-33-34-35-37-39-42-45-48-51-54-57-64(68)73-62(55-52-49-46-43-40-27-24-21-18-15-12-9-3)61(60-72-74(69,70)71-59-58-66(4,5)6)65-63(67)56-53-50-47-44-41-38-36-29-26-23-20-17-14-11-8-2/h10,13,19-20,22-23,26,28-30,32-33,35,37,52,55,61-62H,7-9,11-12,14-18,21,24-25,27,31,34,36,38-51,53-54,56-60H2,1-6H3,(H-,65,67,69,70)/p+1/b13-10-,22-19-,23-20+,29-26+,30-28-,33-32-,37-35-,55-52-. The van der Waals surface area contributed by atoms with E-state index in [1.165, 1.54) is 77.0 Å². The summed E-state index contributed by atoms with van der Waals surface area (Å²) in [7, 11) is 1.46. The summed E-state index contributed by atoms with van der Waals surface area (Å²) in [4.78, 5) is 37.7. The minimum atomic E-state index is -4.46. The Hall–Kier alpha value is -3.07. The molecule has 0 aliphatic rings. The Morgan fingerprint density at radius 3 is 1.41 bits per heavy atom. The number of amides is 1. The molecule has 0 aliphatic carbocycles. The highest BCUT2D eigenvalue weighted by Crippen LogP contribution is 2.43. The van der Waals surface area contributed by atoms with Crippen LogP contribution in [0.1, 0.15) is 245 Å². The molecule has 3 unspecified atom stereocenters. The van der Waals surface area contributed by atoms with Crippen LogP contribution in [0, 0.1) is 0 Å². The first-order valence-electron chi connectivity index (χ1n) is 30.1. The molecule has 2 N–H and O–H groups in total. The number of quaternary nitrogens is 1. The van der Waals surface area contributed by atoms with Crippen LogP contribution in [-0.4, -0.2) is 74.3 Å². The number of carbonyl (C=O) groups is 2. The summed E-state index contributed by atoms with van der Waals surface area (Å²) < 4.78 is 30.6. The topological polar surface area (TPSA) is 111 Å². The Balaban J connectivity index is 5.34. The molecule has 426 valence electrons. The normalized spacial score (nSPS) is 14.4. The number of phosphoric ester groups is 1. The fourth-order valence-electron chi connectivity index (χ4n) is 8.13. The maximum atomic E-state index is 13.5. The third-order valence-corrected chi connectivity index (χ3v) is 13.8. The Kier molecular flexibility index (Phi) is 51.1. The van der Waals surface area contributed by atoms with E-state index in [1.54, 1.807) is 0 Å². The van der Waals surface area contributed by atoms with Crippen LogP contribution in [0.3, 0.4) is 0 Å². The van der Waals surface area contributed by atoms with E-state index in [9.17, 15) is 19.0 Å². The molecule has 9 nitrogen and oxygen atoms in total. The van der Waals surface area contributed by atoms with Crippen molar-refractivity contribution in [2.75, 3.05) is 40.9 Å². The van der Waals surface area contributed by atoms with E-state index in [0.717, 1.165) is 128 Å². The second-order valence-corrected chi connectivity index (χ2v) is 22.6. The quantitative estimate of drug-likeness (QED) is 0.0156. The molecule has 3 atom stereocenters. The van der Waals surface area contributed by atoms with Crippen molar-refractivity contribution in [1.82, 2.24) is 5.32 Å². The van der Waals surface area contributed by atoms with Gasteiger partial charge in [0.25, 0.3) is 0 Å². The largest absolute Gasteiger partial charge is 0.472 e. The molecule has 0 spiro atoms. The van der Waals surface area contributed by atoms with Crippen LogP contribution >= 0.6 is 7.82 Å². The van der Waals surface area contributed by atoms with Crippen LogP contribution in [0.5, 0.6) is 0 Å². The lowest BCUT2D eigenvalue weighted by Crippen LogP contribution is -2.47. The lowest BCUT2D eigenvalue weighted by molar-refractivity contribution is -0.870. The lowest BCUT2D eigenvalue weighted by atomic mass is 10.0. The van der Waals surface area contributed by atoms with Crippen molar-refractivity contribution >= 4 is 19.7 Å². The second-order valence-electron chi connectivity index (χ2n) is 21.2. The highest BCUT2D eigenvalue weighted by molar-refractivity contribution is 7.47. The van der Waals surface area contributed by atoms with E-state index in [4.69, 9.17) is 13.8 Å². The number of allylic oxidation sites excluding steroid dienone is 15. The summed E-state index contributed by atoms with van der Waals surface area (Å²) in [6, 6.07) is -0.868. The lowest BCUT2D eigenvalue weighted by Gasteiger charge is -2.27. The van der Waals surface area contributed by atoms with Crippen LogP contribution in [0.25, 0.3) is 0 Å². The van der Waals surface area contributed by atoms with Gasteiger partial charge in [-0.05, 0) is 102 Å². The number of carbonyl (C=O) groups excluding carboxylic acids is 2. The van der Waals surface area contributed by atoms with Crippen molar-refractivity contribution in [2.24, 2.45) is 0 Å². The number of phosphoric acid groups is 1. The summed E-state index contributed by atoms with van der Waals surface area (Å²) in [6.07, 6.45) is 71.1. The number of nitrogens with one attached hydrogen (secondary N) is 1. The van der Waals surface area contributed by atoms with Gasteiger partial charge in [0.2, 0.25) is 5.91 Å². The summed E-state index contributed by atoms with van der Waals surface area (Å²) in [5.41, 5.74) is 0. The predicted octanol–water partition coefficient (Wildman–Crippen LogP) is 18.4. The Bertz CT molecular complexity index is 1590. The second kappa shape index (κ2) is 53.3. The van der Waals surface area contributed by atoms with Gasteiger partial charge in [0, 0.05) is 12.8 Å². The van der Waals surface area contributed by atoms with E-state index in [1.807, 2.05) is 33.3 Å². The molecule has 0 heterocycles. The molecule has 0 saturated heterocycles. The average Bonchev–Trinajstić information content (AvgIpc) is 3.36. The van der Waals surface area contributed by atoms with E-state index in [2.05, 4.69) is 111 Å². The fraction of sp³-hybridized carbons (Fsp3) is 0.719. The van der Waals surface area contributed by atoms with Gasteiger partial charge in [0.05, 0.1) is 33.8 Å². The number of nitrogens with zero attached hydrogens (tertiary/aromatic N) is 1. The van der Waals surface area contributed by atoms with Gasteiger partial charge in [0.1, 0.15) is 19.3 Å². The van der Waals surface area contributed by atoms with Crippen LogP contribution in [0.2, 0.25) is 0 Å². The zero-order chi connectivity index (χ0) is 54.3. The fourth-order valence-corrected chi connectivity index (χ4v) is 8.87. The van der Waals surface area contributed by atoms with Crippen molar-refractivity contribution < 1.29 is 37.3 Å². The summed E-state index contributed by atoms with van der Waals surface area (Å²) in [5, 5.41) is 3.04. The van der Waals surface area contributed by atoms with Crippen molar-refractivity contribution in [1.29, 1.82) is 0 Å². The minimum absolute atomic E-state index is 0.0299. The van der Waals surface area contributed by atoms with Crippen LogP contribution in [0.4, 0.5) is 0 Å². The molecule has 0 fully saturated rings. The third-order valence-electron chi connectivity index (χ3n) is 12.8. The number of likely N-dealkylation sites (N-methyl/N-ethyl adjacent to an activating group) is 1. The van der Waals surface area contributed by atoms with Gasteiger partial charge in [-0.3, -0.25) is 18.6 Å². The third kappa shape index (κ3) is 53.7. The van der Waals surface area contributed by atoms with E-state index in [0.29, 0.717) is 23.9 Å². The smallest absolute Gasteiger partial charge is 0.456 e. The summed E-state index contributed by atoms with van der Waals surface area (Å²) in [5.74, 6) is -0.545. The van der Waals surface area contributed by atoms with Gasteiger partial charge in [-0.2, -0.15) is 0 Å². The van der Waals surface area contributed by atoms with E-state index >= 15 is 0 Å². The first kappa shape index (κ1) is 70.9. The van der Waals surface area contributed by atoms with Crippen molar-refractivity contribution in [3.05, 3.63) is 97.2 Å². The number of hydrogen-bond acceptors (Lipinski definition) is 6. The molecule has 0 rings (SSSR count). The van der Waals surface area contributed by atoms with E-state index < -0.39 is 20.0 Å². The first-order chi connectivity index (χ1) is 35.9. The number of hydrogen-bond donors (Lipinski definition) is 2. The number of rotatable bonds is 53. The SMILES string of the molecule is CC/C=C\C/C=C\C/C=C\C/C=C\C/C=C\CCCCCCCC(=O)OC(/C=C\CCCCCCCCCCCC)C(COP(=O)(O)OCC[N+](C)(C)C)NC(=O)CCCCCCCC/C=C/C=C/CCCCC. The molecule has 0 radical (unpaired) electrons. The minimum Gasteiger partial charge on any atom is -0.456 e. The molecule has 0 bridgehead atoms. The van der Waals surface area contributed by atoms with Gasteiger partial charge >= 0.3 is 13.8 Å². The maximum Gasteiger partial charge on any atom is 0.472 e. The molecule has 0 aromatic heterocycles. The molecule has 10 heteroatoms. The Morgan fingerprint density at radius 2 is 0.905 bits per heavy atom. The molecule has 1 amide bonds. The monoisotopic (exact) mass is 1050 g/mol. The van der Waals surface area contributed by atoms with Gasteiger partial charge < -0.3 is 19.4 Å². The number of ether oxygens (including phenoxy) is 1. The summed E-state index contributed by atoms with van der Waals surface area (Å²) >= 11 is 0. The molecule has 0 aromatic carbocycles. The van der Waals surface area contributed by atoms with Crippen molar-refractivity contribution in [3.63, 3.8) is 0 Å². The van der Waals surface area contributed by atoms with Crippen LogP contribution in [0.15, 0.2) is 97.2 Å². The first-order valence-corrected chi connectivity index (χ1v) is 31.6. The van der Waals surface area contributed by atoms with Crippen LogP contribution < -0.4 is 5.32 Å². The molecular formula is C64H114N2O7P+. The molecule has 0 saturated carbocycles. The van der Waals surface area contributed by atoms with Crippen LogP contribution in [-0.2, 0) is 27.9 Å². The van der Waals surface area contributed by atoms with Gasteiger partial charge in [-0.15, -0.1) is 0 Å². The summed E-state index contributed by atoms with van der Waals surface area (Å²) in [6.45, 7) is 6.83. The zero-order valence-corrected chi connectivity index (χ0v) is 49.4. The molecule has 0 aliphatic heterocycles. The van der Waals surface area contributed by atoms with Crippen molar-refractivity contribution in [2.45, 2.75) is 258 Å². The average molecular weight is 1050 g/mol. The van der Waals surface area contributed by atoms with Gasteiger partial charge in [-0.25, -0.2) is 4.57 Å². The molecule has 74 heavy (non-hydrogen) atoms. The molecule has 0 aromatic rings. The van der Waals surface area contributed by atoms with Gasteiger partial charge in [0.15, 0.2) is 0 Å². The molecular weight excluding hydrogens is 940 g/mol. The Labute approximate surface area is 456 Å².